The molecule has 0 unspecified atom stereocenters. The molecule has 1 aromatic carbocycles. The molecule has 1 heterocycles. The first-order chi connectivity index (χ1) is 9.66. The lowest BCUT2D eigenvalue weighted by atomic mass is 10.2. The van der Waals surface area contributed by atoms with Crippen LogP contribution in [-0.2, 0) is 4.79 Å². The Morgan fingerprint density at radius 2 is 2.05 bits per heavy atom. The second-order valence-corrected chi connectivity index (χ2v) is 5.08. The van der Waals surface area contributed by atoms with E-state index in [4.69, 9.17) is 11.6 Å². The number of hydrogen-bond acceptors (Lipinski definition) is 3. The molecule has 0 bridgehead atoms. The molecule has 108 valence electrons. The highest BCUT2D eigenvalue weighted by molar-refractivity contribution is 6.30. The summed E-state index contributed by atoms with van der Waals surface area (Å²) in [5, 5.41) is 6.45. The summed E-state index contributed by atoms with van der Waals surface area (Å²) in [6.07, 6.45) is 0.326. The fourth-order valence-corrected chi connectivity index (χ4v) is 2.28. The first kappa shape index (κ1) is 14.8. The van der Waals surface area contributed by atoms with E-state index < -0.39 is 0 Å². The van der Waals surface area contributed by atoms with Crippen LogP contribution in [0.1, 0.15) is 16.8 Å². The highest BCUT2D eigenvalue weighted by atomic mass is 35.5. The zero-order valence-electron chi connectivity index (χ0n) is 11.2. The number of nitrogens with one attached hydrogen (secondary N) is 2. The summed E-state index contributed by atoms with van der Waals surface area (Å²) in [7, 11) is 0. The maximum absolute atomic E-state index is 11.9. The van der Waals surface area contributed by atoms with Crippen molar-refractivity contribution in [3.05, 3.63) is 34.9 Å². The molecule has 1 aromatic rings. The number of nitrogens with zero attached hydrogens (tertiary/aromatic N) is 1. The molecule has 1 fully saturated rings. The number of benzene rings is 1. The van der Waals surface area contributed by atoms with Crippen LogP contribution in [0.5, 0.6) is 0 Å². The van der Waals surface area contributed by atoms with Gasteiger partial charge in [-0.05, 0) is 18.2 Å². The zero-order valence-corrected chi connectivity index (χ0v) is 11.9. The molecule has 0 radical (unpaired) electrons. The number of carbonyl (C=O) groups excluding carboxylic acids is 2. The Hall–Kier alpha value is -1.59. The van der Waals surface area contributed by atoms with E-state index >= 15 is 0 Å². The lowest BCUT2D eigenvalue weighted by molar-refractivity contribution is -0.131. The molecule has 0 saturated carbocycles. The van der Waals surface area contributed by atoms with Crippen LogP contribution in [-0.4, -0.2) is 49.4 Å². The van der Waals surface area contributed by atoms with Crippen LogP contribution in [0, 0.1) is 0 Å². The van der Waals surface area contributed by atoms with E-state index in [-0.39, 0.29) is 11.8 Å². The van der Waals surface area contributed by atoms with Crippen molar-refractivity contribution in [1.29, 1.82) is 0 Å². The van der Waals surface area contributed by atoms with E-state index in [1.165, 1.54) is 0 Å². The summed E-state index contributed by atoms with van der Waals surface area (Å²) in [6, 6.07) is 6.74. The van der Waals surface area contributed by atoms with Crippen LogP contribution < -0.4 is 10.6 Å². The predicted octanol–water partition coefficient (Wildman–Crippen LogP) is 0.892. The van der Waals surface area contributed by atoms with Crippen LogP contribution in [0.15, 0.2) is 24.3 Å². The Labute approximate surface area is 123 Å². The minimum absolute atomic E-state index is 0.0814. The van der Waals surface area contributed by atoms with Gasteiger partial charge in [-0.15, -0.1) is 0 Å². The molecule has 2 rings (SSSR count). The third-order valence-electron chi connectivity index (χ3n) is 3.18. The van der Waals surface area contributed by atoms with Crippen molar-refractivity contribution < 1.29 is 9.59 Å². The normalized spacial score (nSPS) is 14.9. The summed E-state index contributed by atoms with van der Waals surface area (Å²) < 4.78 is 0. The van der Waals surface area contributed by atoms with Crippen molar-refractivity contribution in [2.24, 2.45) is 0 Å². The smallest absolute Gasteiger partial charge is 0.251 e. The average Bonchev–Trinajstić information content (AvgIpc) is 2.48. The second kappa shape index (κ2) is 7.26. The Morgan fingerprint density at radius 1 is 1.30 bits per heavy atom. The van der Waals surface area contributed by atoms with Crippen LogP contribution in [0.3, 0.4) is 0 Å². The van der Waals surface area contributed by atoms with Gasteiger partial charge in [0.25, 0.3) is 5.91 Å². The van der Waals surface area contributed by atoms with Gasteiger partial charge in [-0.1, -0.05) is 17.7 Å². The Bertz CT molecular complexity index is 487. The number of halogens is 1. The minimum atomic E-state index is -0.208. The van der Waals surface area contributed by atoms with E-state index in [1.54, 1.807) is 24.3 Å². The molecule has 1 aliphatic heterocycles. The number of amides is 2. The van der Waals surface area contributed by atoms with Crippen molar-refractivity contribution in [2.45, 2.75) is 6.42 Å². The lowest BCUT2D eigenvalue weighted by Crippen LogP contribution is -2.47. The molecular formula is C14H18ClN3O2. The van der Waals surface area contributed by atoms with Gasteiger partial charge in [-0.25, -0.2) is 0 Å². The van der Waals surface area contributed by atoms with Gasteiger partial charge in [0.2, 0.25) is 5.91 Å². The van der Waals surface area contributed by atoms with Crippen molar-refractivity contribution in [3.63, 3.8) is 0 Å². The summed E-state index contributed by atoms with van der Waals surface area (Å²) in [5.74, 6) is -0.126. The Balaban J connectivity index is 1.75. The third kappa shape index (κ3) is 4.21. The molecule has 6 heteroatoms. The Morgan fingerprint density at radius 3 is 2.75 bits per heavy atom. The highest BCUT2D eigenvalue weighted by Gasteiger charge is 2.15. The van der Waals surface area contributed by atoms with Gasteiger partial charge in [-0.2, -0.15) is 0 Å². The Kier molecular flexibility index (Phi) is 5.38. The van der Waals surface area contributed by atoms with Crippen molar-refractivity contribution >= 4 is 23.4 Å². The van der Waals surface area contributed by atoms with E-state index in [1.807, 2.05) is 4.90 Å². The van der Waals surface area contributed by atoms with E-state index in [9.17, 15) is 9.59 Å². The van der Waals surface area contributed by atoms with Crippen LogP contribution in [0.25, 0.3) is 0 Å². The first-order valence-corrected chi connectivity index (χ1v) is 7.07. The van der Waals surface area contributed by atoms with Gasteiger partial charge in [-0.3, -0.25) is 9.59 Å². The summed E-state index contributed by atoms with van der Waals surface area (Å²) >= 11 is 5.83. The van der Waals surface area contributed by atoms with Gasteiger partial charge in [0, 0.05) is 49.7 Å². The summed E-state index contributed by atoms with van der Waals surface area (Å²) in [5.41, 5.74) is 0.507. The SMILES string of the molecule is O=C(NCCC(=O)N1CCNCC1)c1cccc(Cl)c1. The van der Waals surface area contributed by atoms with Gasteiger partial charge >= 0.3 is 0 Å². The molecule has 0 aromatic heterocycles. The average molecular weight is 296 g/mol. The van der Waals surface area contributed by atoms with E-state index in [0.29, 0.717) is 23.6 Å². The maximum atomic E-state index is 11.9. The van der Waals surface area contributed by atoms with Crippen LogP contribution in [0.4, 0.5) is 0 Å². The van der Waals surface area contributed by atoms with Crippen molar-refractivity contribution in [1.82, 2.24) is 15.5 Å². The van der Waals surface area contributed by atoms with E-state index in [2.05, 4.69) is 10.6 Å². The zero-order chi connectivity index (χ0) is 14.4. The number of carbonyl (C=O) groups is 2. The first-order valence-electron chi connectivity index (χ1n) is 6.69. The summed E-state index contributed by atoms with van der Waals surface area (Å²) in [6.45, 7) is 3.48. The quantitative estimate of drug-likeness (QED) is 0.867. The predicted molar refractivity (Wildman–Crippen MR) is 77.9 cm³/mol. The van der Waals surface area contributed by atoms with Crippen molar-refractivity contribution in [3.8, 4) is 0 Å². The number of rotatable bonds is 4. The molecule has 0 atom stereocenters. The third-order valence-corrected chi connectivity index (χ3v) is 3.42. The van der Waals surface area contributed by atoms with Crippen LogP contribution >= 0.6 is 11.6 Å². The van der Waals surface area contributed by atoms with Gasteiger partial charge in [0.1, 0.15) is 0 Å². The number of hydrogen-bond donors (Lipinski definition) is 2. The summed E-state index contributed by atoms with van der Waals surface area (Å²) in [4.78, 5) is 25.6. The van der Waals surface area contributed by atoms with Crippen LogP contribution in [0.2, 0.25) is 5.02 Å². The molecule has 1 aliphatic rings. The highest BCUT2D eigenvalue weighted by Crippen LogP contribution is 2.10. The lowest BCUT2D eigenvalue weighted by Gasteiger charge is -2.27. The van der Waals surface area contributed by atoms with Gasteiger partial charge in [0.05, 0.1) is 0 Å². The van der Waals surface area contributed by atoms with Gasteiger partial charge < -0.3 is 15.5 Å². The van der Waals surface area contributed by atoms with E-state index in [0.717, 1.165) is 26.2 Å². The fourth-order valence-electron chi connectivity index (χ4n) is 2.09. The molecule has 2 N–H and O–H groups in total. The topological polar surface area (TPSA) is 61.4 Å². The van der Waals surface area contributed by atoms with Gasteiger partial charge in [0.15, 0.2) is 0 Å². The number of piperazine rings is 1. The fraction of sp³-hybridized carbons (Fsp3) is 0.429. The molecule has 5 nitrogen and oxygen atoms in total. The molecule has 20 heavy (non-hydrogen) atoms. The standard InChI is InChI=1S/C14H18ClN3O2/c15-12-3-1-2-11(10-12)14(20)17-5-4-13(19)18-8-6-16-7-9-18/h1-3,10,16H,4-9H2,(H,17,20). The second-order valence-electron chi connectivity index (χ2n) is 4.65. The monoisotopic (exact) mass is 295 g/mol. The molecule has 1 saturated heterocycles. The largest absolute Gasteiger partial charge is 0.352 e. The molecular weight excluding hydrogens is 278 g/mol. The minimum Gasteiger partial charge on any atom is -0.352 e. The molecule has 0 spiro atoms. The molecule has 2 amide bonds. The van der Waals surface area contributed by atoms with Crippen molar-refractivity contribution in [2.75, 3.05) is 32.7 Å². The maximum Gasteiger partial charge on any atom is 0.251 e. The molecule has 0 aliphatic carbocycles.